The maximum atomic E-state index is 12.8. The number of methoxy groups -OCH3 is 1. The number of rotatable bonds is 9. The molecule has 29 heavy (non-hydrogen) atoms. The van der Waals surface area contributed by atoms with Crippen molar-refractivity contribution in [2.75, 3.05) is 12.4 Å². The van der Waals surface area contributed by atoms with Crippen LogP contribution in [-0.4, -0.2) is 32.7 Å². The van der Waals surface area contributed by atoms with Gasteiger partial charge < -0.3 is 10.1 Å². The number of ether oxygens (including phenoxy) is 1. The Balaban J connectivity index is 2.24. The maximum Gasteiger partial charge on any atom is 0.240 e. The fraction of sp³-hybridized carbons (Fsp3) is 0.350. The number of amides is 1. The number of carbonyl (C=O) groups is 1. The van der Waals surface area contributed by atoms with E-state index >= 15 is 0 Å². The number of sulfonamides is 1. The van der Waals surface area contributed by atoms with Crippen molar-refractivity contribution in [3.63, 3.8) is 0 Å². The summed E-state index contributed by atoms with van der Waals surface area (Å²) in [5.41, 5.74) is 0.305. The van der Waals surface area contributed by atoms with Crippen LogP contribution in [0.15, 0.2) is 52.3 Å². The van der Waals surface area contributed by atoms with E-state index in [0.717, 1.165) is 4.90 Å². The first-order valence-corrected chi connectivity index (χ1v) is 11.8. The summed E-state index contributed by atoms with van der Waals surface area (Å²) in [4.78, 5) is 13.8. The average molecular weight is 457 g/mol. The third-order valence-electron chi connectivity index (χ3n) is 3.89. The molecule has 0 radical (unpaired) electrons. The Morgan fingerprint density at radius 2 is 1.83 bits per heavy atom. The van der Waals surface area contributed by atoms with Crippen LogP contribution < -0.4 is 14.8 Å². The number of hydrogen-bond acceptors (Lipinski definition) is 5. The summed E-state index contributed by atoms with van der Waals surface area (Å²) < 4.78 is 32.7. The largest absolute Gasteiger partial charge is 0.495 e. The van der Waals surface area contributed by atoms with Crippen molar-refractivity contribution in [1.82, 2.24) is 4.72 Å². The highest BCUT2D eigenvalue weighted by Gasteiger charge is 2.22. The molecule has 2 aromatic carbocycles. The van der Waals surface area contributed by atoms with Crippen LogP contribution in [0.3, 0.4) is 0 Å². The van der Waals surface area contributed by atoms with Gasteiger partial charge in [0.1, 0.15) is 5.75 Å². The Bertz CT molecular complexity index is 947. The number of hydrogen-bond donors (Lipinski definition) is 2. The highest BCUT2D eigenvalue weighted by atomic mass is 35.5. The molecule has 0 saturated heterocycles. The van der Waals surface area contributed by atoms with E-state index in [-0.39, 0.29) is 22.1 Å². The van der Waals surface area contributed by atoms with E-state index in [1.54, 1.807) is 26.0 Å². The summed E-state index contributed by atoms with van der Waals surface area (Å²) in [5.74, 6) is 0.144. The number of thioether (sulfide) groups is 1. The average Bonchev–Trinajstić information content (AvgIpc) is 2.66. The zero-order chi connectivity index (χ0) is 21.6. The molecule has 2 rings (SSSR count). The van der Waals surface area contributed by atoms with Gasteiger partial charge in [-0.05, 0) is 62.7 Å². The molecule has 1 unspecified atom stereocenters. The lowest BCUT2D eigenvalue weighted by molar-refractivity contribution is -0.115. The molecule has 1 atom stereocenters. The molecule has 0 aromatic heterocycles. The minimum Gasteiger partial charge on any atom is -0.495 e. The molecule has 0 bridgehead atoms. The van der Waals surface area contributed by atoms with Crippen LogP contribution in [0.1, 0.15) is 27.2 Å². The van der Waals surface area contributed by atoms with Gasteiger partial charge in [0, 0.05) is 16.0 Å². The number of benzene rings is 2. The van der Waals surface area contributed by atoms with Gasteiger partial charge in [-0.1, -0.05) is 18.5 Å². The molecule has 1 amide bonds. The lowest BCUT2D eigenvalue weighted by Gasteiger charge is -2.17. The standard InChI is InChI=1S/C20H25ClN2O4S2/c1-5-19(28-15-8-6-14(21)7-9-15)20(24)22-17-12-16(10-11-18(17)27-4)29(25,26)23-13(2)3/h6-13,19,23H,5H2,1-4H3,(H,22,24). The molecule has 0 aliphatic rings. The molecule has 9 heteroatoms. The molecule has 2 aromatic rings. The molecule has 0 spiro atoms. The van der Waals surface area contributed by atoms with Crippen molar-refractivity contribution in [1.29, 1.82) is 0 Å². The molecule has 0 aliphatic heterocycles. The van der Waals surface area contributed by atoms with E-state index in [1.807, 2.05) is 19.1 Å². The number of carbonyl (C=O) groups excluding carboxylic acids is 1. The summed E-state index contributed by atoms with van der Waals surface area (Å²) in [7, 11) is -2.23. The van der Waals surface area contributed by atoms with E-state index < -0.39 is 10.0 Å². The topological polar surface area (TPSA) is 84.5 Å². The van der Waals surface area contributed by atoms with E-state index in [2.05, 4.69) is 10.0 Å². The highest BCUT2D eigenvalue weighted by Crippen LogP contribution is 2.31. The molecule has 0 saturated carbocycles. The zero-order valence-electron chi connectivity index (χ0n) is 16.7. The van der Waals surface area contributed by atoms with E-state index in [0.29, 0.717) is 22.9 Å². The lowest BCUT2D eigenvalue weighted by atomic mass is 10.2. The number of nitrogens with one attached hydrogen (secondary N) is 2. The third kappa shape index (κ3) is 6.64. The molecule has 158 valence electrons. The summed E-state index contributed by atoms with van der Waals surface area (Å²) in [6, 6.07) is 11.4. The van der Waals surface area contributed by atoms with Gasteiger partial charge >= 0.3 is 0 Å². The van der Waals surface area contributed by atoms with Gasteiger partial charge in [-0.25, -0.2) is 13.1 Å². The third-order valence-corrected chi connectivity index (χ3v) is 7.17. The van der Waals surface area contributed by atoms with Crippen molar-refractivity contribution in [2.45, 2.75) is 48.3 Å². The Labute approximate surface area is 181 Å². The Morgan fingerprint density at radius 3 is 2.38 bits per heavy atom. The fourth-order valence-electron chi connectivity index (χ4n) is 2.54. The van der Waals surface area contributed by atoms with Crippen LogP contribution in [0.4, 0.5) is 5.69 Å². The molecule has 0 heterocycles. The van der Waals surface area contributed by atoms with Crippen molar-refractivity contribution in [3.05, 3.63) is 47.5 Å². The van der Waals surface area contributed by atoms with Crippen molar-refractivity contribution < 1.29 is 17.9 Å². The van der Waals surface area contributed by atoms with Crippen LogP contribution in [0.2, 0.25) is 5.02 Å². The monoisotopic (exact) mass is 456 g/mol. The summed E-state index contributed by atoms with van der Waals surface area (Å²) in [5, 5.41) is 3.07. The summed E-state index contributed by atoms with van der Waals surface area (Å²) in [6.45, 7) is 5.39. The Kier molecular flexibility index (Phi) is 8.39. The molecule has 6 nitrogen and oxygen atoms in total. The minimum atomic E-state index is -3.70. The second-order valence-electron chi connectivity index (χ2n) is 6.60. The normalized spacial score (nSPS) is 12.6. The van der Waals surface area contributed by atoms with E-state index in [1.165, 1.54) is 37.1 Å². The summed E-state index contributed by atoms with van der Waals surface area (Å²) >= 11 is 7.33. The smallest absolute Gasteiger partial charge is 0.240 e. The van der Waals surface area contributed by atoms with Gasteiger partial charge in [0.25, 0.3) is 0 Å². The Hall–Kier alpha value is -1.74. The second-order valence-corrected chi connectivity index (χ2v) is 10.0. The predicted molar refractivity (Wildman–Crippen MR) is 118 cm³/mol. The van der Waals surface area contributed by atoms with Crippen LogP contribution in [0.5, 0.6) is 5.75 Å². The van der Waals surface area contributed by atoms with Gasteiger partial charge in [-0.3, -0.25) is 4.79 Å². The van der Waals surface area contributed by atoms with Crippen LogP contribution in [0, 0.1) is 0 Å². The Morgan fingerprint density at radius 1 is 1.17 bits per heavy atom. The van der Waals surface area contributed by atoms with E-state index in [4.69, 9.17) is 16.3 Å². The lowest BCUT2D eigenvalue weighted by Crippen LogP contribution is -2.30. The maximum absolute atomic E-state index is 12.8. The number of halogens is 1. The van der Waals surface area contributed by atoms with Gasteiger partial charge in [0.15, 0.2) is 0 Å². The van der Waals surface area contributed by atoms with Crippen LogP contribution in [0.25, 0.3) is 0 Å². The highest BCUT2D eigenvalue weighted by molar-refractivity contribution is 8.00. The first kappa shape index (κ1) is 23.5. The van der Waals surface area contributed by atoms with Crippen LogP contribution >= 0.6 is 23.4 Å². The molecular formula is C20H25ClN2O4S2. The molecule has 0 aliphatic carbocycles. The second kappa shape index (κ2) is 10.3. The van der Waals surface area contributed by atoms with Gasteiger partial charge in [-0.15, -0.1) is 11.8 Å². The van der Waals surface area contributed by atoms with Crippen molar-refractivity contribution in [2.24, 2.45) is 0 Å². The minimum absolute atomic E-state index is 0.0562. The molecular weight excluding hydrogens is 432 g/mol. The first-order valence-electron chi connectivity index (χ1n) is 9.09. The predicted octanol–water partition coefficient (Wildman–Crippen LogP) is 4.54. The fourth-order valence-corrected chi connectivity index (χ4v) is 4.90. The SMILES string of the molecule is CCC(Sc1ccc(Cl)cc1)C(=O)Nc1cc(S(=O)(=O)NC(C)C)ccc1OC. The van der Waals surface area contributed by atoms with Gasteiger partial charge in [-0.2, -0.15) is 0 Å². The van der Waals surface area contributed by atoms with Crippen molar-refractivity contribution in [3.8, 4) is 5.75 Å². The quantitative estimate of drug-likeness (QED) is 0.541. The van der Waals surface area contributed by atoms with E-state index in [9.17, 15) is 13.2 Å². The van der Waals surface area contributed by atoms with Crippen molar-refractivity contribution >= 4 is 45.0 Å². The van der Waals surface area contributed by atoms with Gasteiger partial charge in [0.05, 0.1) is 22.9 Å². The van der Waals surface area contributed by atoms with Gasteiger partial charge in [0.2, 0.25) is 15.9 Å². The number of anilines is 1. The molecule has 0 fully saturated rings. The first-order chi connectivity index (χ1) is 13.7. The van der Waals surface area contributed by atoms with Crippen LogP contribution in [-0.2, 0) is 14.8 Å². The zero-order valence-corrected chi connectivity index (χ0v) is 19.1. The summed E-state index contributed by atoms with van der Waals surface area (Å²) in [6.07, 6.45) is 0.592. The molecule has 2 N–H and O–H groups in total.